The SMILES string of the molecule is O=C(O)Cc1nc2n(n1)C(C1CCOC1)CCN2. The van der Waals surface area contributed by atoms with Crippen LogP contribution in [0.1, 0.15) is 24.7 Å². The number of carbonyl (C=O) groups is 1. The molecule has 98 valence electrons. The van der Waals surface area contributed by atoms with Crippen LogP contribution in [-0.4, -0.2) is 45.6 Å². The van der Waals surface area contributed by atoms with E-state index in [4.69, 9.17) is 9.84 Å². The molecule has 2 aliphatic heterocycles. The predicted molar refractivity (Wildman–Crippen MR) is 62.4 cm³/mol. The topological polar surface area (TPSA) is 89.3 Å². The van der Waals surface area contributed by atoms with Crippen LogP contribution in [0.4, 0.5) is 5.95 Å². The number of aliphatic carboxylic acids is 1. The maximum absolute atomic E-state index is 10.7. The molecule has 1 saturated heterocycles. The van der Waals surface area contributed by atoms with Gasteiger partial charge < -0.3 is 15.2 Å². The van der Waals surface area contributed by atoms with Crippen LogP contribution in [0, 0.1) is 5.92 Å². The molecule has 0 spiro atoms. The number of carboxylic acid groups (broad SMARTS) is 1. The number of nitrogens with one attached hydrogen (secondary N) is 1. The minimum atomic E-state index is -0.904. The number of ether oxygens (including phenoxy) is 1. The van der Waals surface area contributed by atoms with Crippen LogP contribution in [-0.2, 0) is 16.0 Å². The van der Waals surface area contributed by atoms with Crippen molar-refractivity contribution in [1.82, 2.24) is 14.8 Å². The van der Waals surface area contributed by atoms with Gasteiger partial charge in [-0.1, -0.05) is 0 Å². The molecule has 3 heterocycles. The van der Waals surface area contributed by atoms with Crippen molar-refractivity contribution in [3.05, 3.63) is 5.82 Å². The van der Waals surface area contributed by atoms with E-state index in [1.54, 1.807) is 0 Å². The third kappa shape index (κ3) is 2.05. The number of rotatable bonds is 3. The van der Waals surface area contributed by atoms with Crippen LogP contribution < -0.4 is 5.32 Å². The summed E-state index contributed by atoms with van der Waals surface area (Å²) in [5.74, 6) is 0.620. The summed E-state index contributed by atoms with van der Waals surface area (Å²) >= 11 is 0. The molecule has 0 bridgehead atoms. The van der Waals surface area contributed by atoms with E-state index >= 15 is 0 Å². The Morgan fingerprint density at radius 3 is 3.17 bits per heavy atom. The van der Waals surface area contributed by atoms with Gasteiger partial charge >= 0.3 is 5.97 Å². The molecule has 18 heavy (non-hydrogen) atoms. The Hall–Kier alpha value is -1.63. The van der Waals surface area contributed by atoms with Crippen molar-refractivity contribution >= 4 is 11.9 Å². The number of hydrogen-bond acceptors (Lipinski definition) is 5. The van der Waals surface area contributed by atoms with Gasteiger partial charge in [0.2, 0.25) is 5.95 Å². The van der Waals surface area contributed by atoms with Gasteiger partial charge in [0, 0.05) is 19.1 Å². The molecule has 0 saturated carbocycles. The van der Waals surface area contributed by atoms with E-state index in [1.165, 1.54) is 0 Å². The lowest BCUT2D eigenvalue weighted by Crippen LogP contribution is -2.29. The molecule has 1 aromatic heterocycles. The third-order valence-corrected chi connectivity index (χ3v) is 3.53. The molecular weight excluding hydrogens is 236 g/mol. The van der Waals surface area contributed by atoms with Crippen LogP contribution in [0.5, 0.6) is 0 Å². The zero-order valence-corrected chi connectivity index (χ0v) is 10.0. The van der Waals surface area contributed by atoms with Crippen LogP contribution >= 0.6 is 0 Å². The van der Waals surface area contributed by atoms with E-state index < -0.39 is 5.97 Å². The first-order valence-electron chi connectivity index (χ1n) is 6.23. The normalized spacial score (nSPS) is 26.7. The average Bonchev–Trinajstić information content (AvgIpc) is 2.94. The molecule has 0 radical (unpaired) electrons. The molecule has 2 unspecified atom stereocenters. The van der Waals surface area contributed by atoms with Crippen molar-refractivity contribution in [3.8, 4) is 0 Å². The monoisotopic (exact) mass is 252 g/mol. The van der Waals surface area contributed by atoms with E-state index in [0.717, 1.165) is 32.6 Å². The van der Waals surface area contributed by atoms with Crippen molar-refractivity contribution in [3.63, 3.8) is 0 Å². The second-order valence-corrected chi connectivity index (χ2v) is 4.77. The van der Waals surface area contributed by atoms with Gasteiger partial charge in [-0.15, -0.1) is 0 Å². The number of hydrogen-bond donors (Lipinski definition) is 2. The summed E-state index contributed by atoms with van der Waals surface area (Å²) in [6.45, 7) is 2.42. The van der Waals surface area contributed by atoms with Gasteiger partial charge in [-0.25, -0.2) is 4.68 Å². The number of aromatic nitrogens is 3. The summed E-state index contributed by atoms with van der Waals surface area (Å²) < 4.78 is 7.27. The van der Waals surface area contributed by atoms with E-state index in [-0.39, 0.29) is 12.5 Å². The molecule has 0 aliphatic carbocycles. The zero-order chi connectivity index (χ0) is 12.5. The fourth-order valence-electron chi connectivity index (χ4n) is 2.68. The van der Waals surface area contributed by atoms with Crippen molar-refractivity contribution in [2.75, 3.05) is 25.1 Å². The second-order valence-electron chi connectivity index (χ2n) is 4.77. The summed E-state index contributed by atoms with van der Waals surface area (Å²) in [5.41, 5.74) is 0. The molecule has 0 amide bonds. The first-order chi connectivity index (χ1) is 8.74. The maximum Gasteiger partial charge on any atom is 0.311 e. The van der Waals surface area contributed by atoms with Crippen LogP contribution in [0.25, 0.3) is 0 Å². The number of fused-ring (bicyclic) bond motifs is 1. The van der Waals surface area contributed by atoms with Gasteiger partial charge in [0.25, 0.3) is 0 Å². The Labute approximate surface area is 104 Å². The smallest absolute Gasteiger partial charge is 0.311 e. The Morgan fingerprint density at radius 2 is 2.44 bits per heavy atom. The van der Waals surface area contributed by atoms with Gasteiger partial charge in [0.15, 0.2) is 5.82 Å². The Balaban J connectivity index is 1.85. The summed E-state index contributed by atoms with van der Waals surface area (Å²) in [7, 11) is 0. The lowest BCUT2D eigenvalue weighted by molar-refractivity contribution is -0.136. The molecule has 7 nitrogen and oxygen atoms in total. The summed E-state index contributed by atoms with van der Waals surface area (Å²) in [4.78, 5) is 14.9. The van der Waals surface area contributed by atoms with Gasteiger partial charge in [-0.05, 0) is 12.8 Å². The standard InChI is InChI=1S/C11H16N4O3/c16-10(17)5-9-13-11-12-3-1-8(15(11)14-9)7-2-4-18-6-7/h7-8H,1-6H2,(H,16,17)(H,12,13,14). The zero-order valence-electron chi connectivity index (χ0n) is 10.0. The highest BCUT2D eigenvalue weighted by Gasteiger charge is 2.32. The molecule has 2 aliphatic rings. The molecule has 0 aromatic carbocycles. The van der Waals surface area contributed by atoms with Crippen molar-refractivity contribution in [1.29, 1.82) is 0 Å². The summed E-state index contributed by atoms with van der Waals surface area (Å²) in [6, 6.07) is 0.277. The molecule has 1 fully saturated rings. The minimum absolute atomic E-state index is 0.129. The molecular formula is C11H16N4O3. The fraction of sp³-hybridized carbons (Fsp3) is 0.727. The van der Waals surface area contributed by atoms with Gasteiger partial charge in [-0.2, -0.15) is 10.1 Å². The highest BCUT2D eigenvalue weighted by atomic mass is 16.5. The Morgan fingerprint density at radius 1 is 1.56 bits per heavy atom. The highest BCUT2D eigenvalue weighted by molar-refractivity contribution is 5.69. The molecule has 7 heteroatoms. The quantitative estimate of drug-likeness (QED) is 0.804. The molecule has 2 atom stereocenters. The highest BCUT2D eigenvalue weighted by Crippen LogP contribution is 2.33. The minimum Gasteiger partial charge on any atom is -0.481 e. The number of carboxylic acids is 1. The predicted octanol–water partition coefficient (Wildman–Crippen LogP) is 0.298. The lowest BCUT2D eigenvalue weighted by Gasteiger charge is -2.28. The summed E-state index contributed by atoms with van der Waals surface area (Å²) in [6.07, 6.45) is 1.89. The van der Waals surface area contributed by atoms with E-state index in [1.807, 2.05) is 4.68 Å². The first kappa shape index (κ1) is 11.5. The molecule has 3 rings (SSSR count). The second kappa shape index (κ2) is 4.56. The summed E-state index contributed by atoms with van der Waals surface area (Å²) in [5, 5.41) is 16.3. The largest absolute Gasteiger partial charge is 0.481 e. The Bertz CT molecular complexity index is 453. The van der Waals surface area contributed by atoms with E-state index in [9.17, 15) is 4.79 Å². The van der Waals surface area contributed by atoms with Gasteiger partial charge in [0.1, 0.15) is 6.42 Å². The van der Waals surface area contributed by atoms with Crippen LogP contribution in [0.2, 0.25) is 0 Å². The number of anilines is 1. The van der Waals surface area contributed by atoms with Gasteiger partial charge in [-0.3, -0.25) is 4.79 Å². The van der Waals surface area contributed by atoms with Crippen molar-refractivity contribution in [2.24, 2.45) is 5.92 Å². The number of nitrogens with zero attached hydrogens (tertiary/aromatic N) is 3. The first-order valence-corrected chi connectivity index (χ1v) is 6.23. The van der Waals surface area contributed by atoms with Crippen LogP contribution in [0.15, 0.2) is 0 Å². The molecule has 2 N–H and O–H groups in total. The lowest BCUT2D eigenvalue weighted by atomic mass is 9.95. The van der Waals surface area contributed by atoms with Crippen molar-refractivity contribution in [2.45, 2.75) is 25.3 Å². The molecule has 1 aromatic rings. The van der Waals surface area contributed by atoms with Gasteiger partial charge in [0.05, 0.1) is 12.6 Å². The van der Waals surface area contributed by atoms with E-state index in [2.05, 4.69) is 15.4 Å². The maximum atomic E-state index is 10.7. The fourth-order valence-corrected chi connectivity index (χ4v) is 2.68. The van der Waals surface area contributed by atoms with Crippen molar-refractivity contribution < 1.29 is 14.6 Å². The Kier molecular flexibility index (Phi) is 2.91. The third-order valence-electron chi connectivity index (χ3n) is 3.53. The average molecular weight is 252 g/mol. The van der Waals surface area contributed by atoms with E-state index in [0.29, 0.717) is 17.7 Å². The van der Waals surface area contributed by atoms with Crippen LogP contribution in [0.3, 0.4) is 0 Å².